The lowest BCUT2D eigenvalue weighted by Crippen LogP contribution is -2.52. The summed E-state index contributed by atoms with van der Waals surface area (Å²) >= 11 is 0. The summed E-state index contributed by atoms with van der Waals surface area (Å²) in [6.07, 6.45) is 6.89. The first-order valence-electron chi connectivity index (χ1n) is 7.98. The van der Waals surface area contributed by atoms with Gasteiger partial charge < -0.3 is 10.2 Å². The van der Waals surface area contributed by atoms with E-state index in [1.807, 2.05) is 0 Å². The second kappa shape index (κ2) is 5.92. The van der Waals surface area contributed by atoms with E-state index in [1.54, 1.807) is 0 Å². The Bertz CT molecular complexity index is 262. The van der Waals surface area contributed by atoms with Crippen molar-refractivity contribution >= 4 is 0 Å². The normalized spacial score (nSPS) is 37.7. The Hall–Kier alpha value is -0.0800. The Labute approximate surface area is 114 Å². The monoisotopic (exact) mass is 252 g/mol. The van der Waals surface area contributed by atoms with E-state index >= 15 is 0 Å². The minimum atomic E-state index is 0.569. The summed E-state index contributed by atoms with van der Waals surface area (Å²) in [7, 11) is 0. The van der Waals surface area contributed by atoms with Crippen molar-refractivity contribution in [1.29, 1.82) is 0 Å². The lowest BCUT2D eigenvalue weighted by Gasteiger charge is -2.42. The van der Waals surface area contributed by atoms with E-state index in [4.69, 9.17) is 0 Å². The van der Waals surface area contributed by atoms with Crippen molar-refractivity contribution in [2.24, 2.45) is 11.3 Å². The zero-order valence-corrected chi connectivity index (χ0v) is 12.8. The molecule has 0 amide bonds. The van der Waals surface area contributed by atoms with Gasteiger partial charge in [0.05, 0.1) is 0 Å². The number of rotatable bonds is 3. The average molecular weight is 252 g/mol. The number of hydrogen-bond acceptors (Lipinski definition) is 2. The van der Waals surface area contributed by atoms with Gasteiger partial charge in [-0.05, 0) is 56.5 Å². The Morgan fingerprint density at radius 1 is 1.28 bits per heavy atom. The van der Waals surface area contributed by atoms with Gasteiger partial charge in [0.1, 0.15) is 0 Å². The molecule has 3 atom stereocenters. The third kappa shape index (κ3) is 3.71. The molecule has 2 rings (SSSR count). The molecule has 106 valence electrons. The summed E-state index contributed by atoms with van der Waals surface area (Å²) in [4.78, 5) is 2.60. The maximum Gasteiger partial charge on any atom is 0.0198 e. The van der Waals surface area contributed by atoms with Crippen LogP contribution in [-0.4, -0.2) is 36.6 Å². The van der Waals surface area contributed by atoms with Crippen LogP contribution in [0, 0.1) is 11.3 Å². The molecule has 0 aromatic heterocycles. The van der Waals surface area contributed by atoms with Gasteiger partial charge in [-0.3, -0.25) is 0 Å². The molecule has 0 aromatic rings. The van der Waals surface area contributed by atoms with Crippen LogP contribution < -0.4 is 5.32 Å². The predicted molar refractivity (Wildman–Crippen MR) is 78.9 cm³/mol. The molecule has 0 aromatic carbocycles. The van der Waals surface area contributed by atoms with Crippen molar-refractivity contribution in [3.63, 3.8) is 0 Å². The van der Waals surface area contributed by atoms with Gasteiger partial charge in [-0.25, -0.2) is 0 Å². The van der Waals surface area contributed by atoms with Crippen molar-refractivity contribution in [3.05, 3.63) is 0 Å². The lowest BCUT2D eigenvalue weighted by molar-refractivity contribution is 0.120. The molecule has 1 heterocycles. The van der Waals surface area contributed by atoms with Gasteiger partial charge in [0.25, 0.3) is 0 Å². The van der Waals surface area contributed by atoms with Gasteiger partial charge in [0.15, 0.2) is 0 Å². The molecule has 0 bridgehead atoms. The largest absolute Gasteiger partial charge is 0.310 e. The first kappa shape index (κ1) is 14.3. The highest BCUT2D eigenvalue weighted by Gasteiger charge is 2.33. The van der Waals surface area contributed by atoms with Gasteiger partial charge >= 0.3 is 0 Å². The molecule has 2 aliphatic rings. The fraction of sp³-hybridized carbons (Fsp3) is 1.00. The van der Waals surface area contributed by atoms with Crippen molar-refractivity contribution < 1.29 is 0 Å². The maximum absolute atomic E-state index is 3.97. The zero-order valence-electron chi connectivity index (χ0n) is 12.8. The molecule has 1 N–H and O–H groups in total. The van der Waals surface area contributed by atoms with E-state index in [9.17, 15) is 0 Å². The Balaban J connectivity index is 1.82. The van der Waals surface area contributed by atoms with E-state index < -0.39 is 0 Å². The van der Waals surface area contributed by atoms with Crippen LogP contribution in [0.3, 0.4) is 0 Å². The van der Waals surface area contributed by atoms with Crippen molar-refractivity contribution in [2.75, 3.05) is 19.6 Å². The average Bonchev–Trinajstić information content (AvgIpc) is 2.32. The summed E-state index contributed by atoms with van der Waals surface area (Å²) in [6, 6.07) is 1.51. The van der Waals surface area contributed by atoms with Crippen LogP contribution in [0.15, 0.2) is 0 Å². The minimum absolute atomic E-state index is 0.569. The van der Waals surface area contributed by atoms with E-state index in [-0.39, 0.29) is 0 Å². The number of nitrogens with zero attached hydrogens (tertiary/aromatic N) is 1. The van der Waals surface area contributed by atoms with Gasteiger partial charge in [0.2, 0.25) is 0 Å². The van der Waals surface area contributed by atoms with Crippen molar-refractivity contribution in [3.8, 4) is 0 Å². The molecular formula is C16H32N2. The fourth-order valence-corrected chi connectivity index (χ4v) is 3.98. The standard InChI is InChI=1S/C16H32N2/c1-5-18-10-6-7-14(12-18)17-15-8-9-16(3,4)11-13(15)2/h13-15,17H,5-12H2,1-4H3. The van der Waals surface area contributed by atoms with Crippen LogP contribution in [0.2, 0.25) is 0 Å². The first-order chi connectivity index (χ1) is 8.50. The molecule has 1 aliphatic carbocycles. The molecule has 2 nitrogen and oxygen atoms in total. The van der Waals surface area contributed by atoms with Crippen molar-refractivity contribution in [1.82, 2.24) is 10.2 Å². The zero-order chi connectivity index (χ0) is 13.2. The van der Waals surface area contributed by atoms with Crippen LogP contribution in [0.1, 0.15) is 59.8 Å². The maximum atomic E-state index is 3.97. The van der Waals surface area contributed by atoms with Crippen LogP contribution in [0.5, 0.6) is 0 Å². The summed E-state index contributed by atoms with van der Waals surface area (Å²) in [5.41, 5.74) is 0.569. The summed E-state index contributed by atoms with van der Waals surface area (Å²) in [6.45, 7) is 13.4. The summed E-state index contributed by atoms with van der Waals surface area (Å²) in [5, 5.41) is 3.97. The summed E-state index contributed by atoms with van der Waals surface area (Å²) < 4.78 is 0. The van der Waals surface area contributed by atoms with Crippen molar-refractivity contribution in [2.45, 2.75) is 71.9 Å². The summed E-state index contributed by atoms with van der Waals surface area (Å²) in [5.74, 6) is 0.839. The second-order valence-corrected chi connectivity index (χ2v) is 7.39. The van der Waals surface area contributed by atoms with Crippen LogP contribution in [-0.2, 0) is 0 Å². The molecule has 18 heavy (non-hydrogen) atoms. The van der Waals surface area contributed by atoms with Gasteiger partial charge in [0, 0.05) is 18.6 Å². The Morgan fingerprint density at radius 2 is 2.06 bits per heavy atom. The smallest absolute Gasteiger partial charge is 0.0198 e. The topological polar surface area (TPSA) is 15.3 Å². The van der Waals surface area contributed by atoms with E-state index in [2.05, 4.69) is 37.9 Å². The number of likely N-dealkylation sites (tertiary alicyclic amines) is 1. The highest BCUT2D eigenvalue weighted by Crippen LogP contribution is 2.38. The van der Waals surface area contributed by atoms with E-state index in [0.29, 0.717) is 5.41 Å². The van der Waals surface area contributed by atoms with E-state index in [1.165, 1.54) is 51.7 Å². The van der Waals surface area contributed by atoms with Gasteiger partial charge in [-0.15, -0.1) is 0 Å². The fourth-order valence-electron chi connectivity index (χ4n) is 3.98. The third-order valence-corrected chi connectivity index (χ3v) is 5.10. The molecule has 2 heteroatoms. The first-order valence-corrected chi connectivity index (χ1v) is 7.98. The minimum Gasteiger partial charge on any atom is -0.310 e. The predicted octanol–water partition coefficient (Wildman–Crippen LogP) is 3.28. The second-order valence-electron chi connectivity index (χ2n) is 7.39. The SMILES string of the molecule is CCN1CCCC(NC2CCC(C)(C)CC2C)C1. The van der Waals surface area contributed by atoms with E-state index in [0.717, 1.165) is 18.0 Å². The molecule has 1 saturated carbocycles. The van der Waals surface area contributed by atoms with Crippen LogP contribution in [0.4, 0.5) is 0 Å². The third-order valence-electron chi connectivity index (χ3n) is 5.10. The molecule has 0 spiro atoms. The molecule has 1 saturated heterocycles. The highest BCUT2D eigenvalue weighted by molar-refractivity contribution is 4.90. The highest BCUT2D eigenvalue weighted by atomic mass is 15.2. The molecule has 1 aliphatic heterocycles. The number of piperidine rings is 1. The van der Waals surface area contributed by atoms with Crippen LogP contribution in [0.25, 0.3) is 0 Å². The number of likely N-dealkylation sites (N-methyl/N-ethyl adjacent to an activating group) is 1. The van der Waals surface area contributed by atoms with Gasteiger partial charge in [-0.2, -0.15) is 0 Å². The van der Waals surface area contributed by atoms with Crippen LogP contribution >= 0.6 is 0 Å². The quantitative estimate of drug-likeness (QED) is 0.829. The molecule has 2 fully saturated rings. The Morgan fingerprint density at radius 3 is 2.72 bits per heavy atom. The number of hydrogen-bond donors (Lipinski definition) is 1. The van der Waals surface area contributed by atoms with Gasteiger partial charge in [-0.1, -0.05) is 27.7 Å². The molecule has 0 radical (unpaired) electrons. The lowest BCUT2D eigenvalue weighted by atomic mass is 9.70. The number of nitrogens with one attached hydrogen (secondary N) is 1. The molecule has 3 unspecified atom stereocenters. The Kier molecular flexibility index (Phi) is 4.71. The molecular weight excluding hydrogens is 220 g/mol.